The Morgan fingerprint density at radius 3 is 2.83 bits per heavy atom. The topological polar surface area (TPSA) is 42.2 Å². The smallest absolute Gasteiger partial charge is 0.285 e. The molecule has 66 valence electrons. The van der Waals surface area contributed by atoms with Crippen LogP contribution in [0.25, 0.3) is 0 Å². The lowest BCUT2D eigenvalue weighted by Crippen LogP contribution is -2.21. The Kier molecular flexibility index (Phi) is 2.53. The summed E-state index contributed by atoms with van der Waals surface area (Å²) in [4.78, 5) is 11.2. The lowest BCUT2D eigenvalue weighted by Gasteiger charge is -2.04. The summed E-state index contributed by atoms with van der Waals surface area (Å²) in [5.41, 5.74) is 0.348. The van der Waals surface area contributed by atoms with Gasteiger partial charge >= 0.3 is 0 Å². The van der Waals surface area contributed by atoms with Gasteiger partial charge in [0.1, 0.15) is 0 Å². The van der Waals surface area contributed by atoms with E-state index >= 15 is 0 Å². The van der Waals surface area contributed by atoms with Gasteiger partial charge in [-0.15, -0.1) is 0 Å². The number of hydrogen-bond donors (Lipinski definition) is 1. The maximum Gasteiger partial charge on any atom is 0.285 e. The van der Waals surface area contributed by atoms with Crippen LogP contribution in [0, 0.1) is 5.92 Å². The van der Waals surface area contributed by atoms with Crippen molar-refractivity contribution in [1.82, 2.24) is 4.73 Å². The van der Waals surface area contributed by atoms with E-state index in [0.29, 0.717) is 22.6 Å². The van der Waals surface area contributed by atoms with Crippen molar-refractivity contribution in [3.63, 3.8) is 0 Å². The predicted octanol–water partition coefficient (Wildman–Crippen LogP) is 1.28. The van der Waals surface area contributed by atoms with Gasteiger partial charge in [0.2, 0.25) is 0 Å². The van der Waals surface area contributed by atoms with Crippen LogP contribution in [-0.2, 0) is 6.42 Å². The molecule has 0 aliphatic rings. The van der Waals surface area contributed by atoms with Crippen molar-refractivity contribution in [3.05, 3.63) is 34.2 Å². The van der Waals surface area contributed by atoms with Crippen molar-refractivity contribution in [2.45, 2.75) is 20.3 Å². The molecule has 3 heteroatoms. The zero-order chi connectivity index (χ0) is 9.14. The average Bonchev–Trinajstić information content (AvgIpc) is 1.98. The van der Waals surface area contributed by atoms with E-state index in [1.165, 1.54) is 6.20 Å². The van der Waals surface area contributed by atoms with Gasteiger partial charge in [0.15, 0.2) is 0 Å². The first kappa shape index (κ1) is 8.84. The molecule has 12 heavy (non-hydrogen) atoms. The summed E-state index contributed by atoms with van der Waals surface area (Å²) in [6.07, 6.45) is 2.05. The Morgan fingerprint density at radius 1 is 1.58 bits per heavy atom. The Bertz CT molecular complexity index is 315. The molecule has 0 atom stereocenters. The second kappa shape index (κ2) is 3.43. The molecule has 0 fully saturated rings. The van der Waals surface area contributed by atoms with Crippen LogP contribution in [-0.4, -0.2) is 9.94 Å². The minimum absolute atomic E-state index is 0.314. The van der Waals surface area contributed by atoms with Gasteiger partial charge < -0.3 is 5.21 Å². The summed E-state index contributed by atoms with van der Waals surface area (Å²) in [6, 6.07) is 3.41. The highest BCUT2D eigenvalue weighted by atomic mass is 16.5. The molecule has 0 aromatic carbocycles. The Morgan fingerprint density at radius 2 is 2.25 bits per heavy atom. The fourth-order valence-corrected chi connectivity index (χ4v) is 1.12. The molecule has 0 amide bonds. The molecule has 0 saturated heterocycles. The van der Waals surface area contributed by atoms with Gasteiger partial charge in [-0.25, -0.2) is 0 Å². The van der Waals surface area contributed by atoms with E-state index in [9.17, 15) is 4.79 Å². The van der Waals surface area contributed by atoms with Gasteiger partial charge in [0.05, 0.1) is 0 Å². The Balaban J connectivity index is 3.01. The van der Waals surface area contributed by atoms with Crippen molar-refractivity contribution in [2.75, 3.05) is 0 Å². The maximum absolute atomic E-state index is 11.2. The van der Waals surface area contributed by atoms with E-state index < -0.39 is 0 Å². The first-order valence-electron chi connectivity index (χ1n) is 4.01. The van der Waals surface area contributed by atoms with Crippen LogP contribution in [0.5, 0.6) is 0 Å². The van der Waals surface area contributed by atoms with Gasteiger partial charge in [0, 0.05) is 11.8 Å². The van der Waals surface area contributed by atoms with Crippen molar-refractivity contribution in [2.24, 2.45) is 5.92 Å². The Labute approximate surface area is 71.2 Å². The summed E-state index contributed by atoms with van der Waals surface area (Å²) < 4.78 is 0.623. The summed E-state index contributed by atoms with van der Waals surface area (Å²) in [7, 11) is 0. The lowest BCUT2D eigenvalue weighted by molar-refractivity contribution is 0.173. The van der Waals surface area contributed by atoms with E-state index in [4.69, 9.17) is 5.21 Å². The second-order valence-corrected chi connectivity index (χ2v) is 3.28. The molecule has 1 heterocycles. The molecule has 3 nitrogen and oxygen atoms in total. The second-order valence-electron chi connectivity index (χ2n) is 3.28. The van der Waals surface area contributed by atoms with Gasteiger partial charge in [0.25, 0.3) is 5.56 Å². The standard InChI is InChI=1S/C9H13NO2/c1-7(2)6-8-4-3-5-10(12)9(8)11/h3-5,7,12H,6H2,1-2H3. The molecular formula is C9H13NO2. The molecule has 1 N–H and O–H groups in total. The van der Waals surface area contributed by atoms with Crippen molar-refractivity contribution in [3.8, 4) is 0 Å². The van der Waals surface area contributed by atoms with Gasteiger partial charge in [-0.3, -0.25) is 4.79 Å². The summed E-state index contributed by atoms with van der Waals surface area (Å²) >= 11 is 0. The van der Waals surface area contributed by atoms with Crippen LogP contribution in [0.15, 0.2) is 23.1 Å². The van der Waals surface area contributed by atoms with Gasteiger partial charge in [-0.1, -0.05) is 19.9 Å². The monoisotopic (exact) mass is 167 g/mol. The SMILES string of the molecule is CC(C)Cc1cccn(O)c1=O. The first-order valence-corrected chi connectivity index (χ1v) is 4.01. The highest BCUT2D eigenvalue weighted by molar-refractivity contribution is 5.09. The lowest BCUT2D eigenvalue weighted by atomic mass is 10.1. The molecular weight excluding hydrogens is 154 g/mol. The van der Waals surface area contributed by atoms with Crippen molar-refractivity contribution in [1.29, 1.82) is 0 Å². The number of aromatic nitrogens is 1. The number of hydrogen-bond acceptors (Lipinski definition) is 2. The fourth-order valence-electron chi connectivity index (χ4n) is 1.12. The van der Waals surface area contributed by atoms with Crippen molar-refractivity contribution < 1.29 is 5.21 Å². The minimum atomic E-state index is -0.314. The highest BCUT2D eigenvalue weighted by Gasteiger charge is 2.03. The molecule has 0 spiro atoms. The van der Waals surface area contributed by atoms with Crippen LogP contribution in [0.4, 0.5) is 0 Å². The average molecular weight is 167 g/mol. The molecule has 0 aliphatic carbocycles. The first-order chi connectivity index (χ1) is 5.61. The molecule has 1 rings (SSSR count). The largest absolute Gasteiger partial charge is 0.425 e. The summed E-state index contributed by atoms with van der Waals surface area (Å²) in [5, 5.41) is 9.02. The van der Waals surface area contributed by atoms with Crippen LogP contribution in [0.1, 0.15) is 19.4 Å². The van der Waals surface area contributed by atoms with E-state index in [1.54, 1.807) is 12.1 Å². The van der Waals surface area contributed by atoms with Crippen LogP contribution in [0.3, 0.4) is 0 Å². The minimum Gasteiger partial charge on any atom is -0.425 e. The summed E-state index contributed by atoms with van der Waals surface area (Å²) in [5.74, 6) is 0.431. The van der Waals surface area contributed by atoms with Gasteiger partial charge in [-0.05, 0) is 18.4 Å². The zero-order valence-electron chi connectivity index (χ0n) is 7.32. The predicted molar refractivity (Wildman–Crippen MR) is 46.4 cm³/mol. The maximum atomic E-state index is 11.2. The van der Waals surface area contributed by atoms with Crippen LogP contribution >= 0.6 is 0 Å². The third-order valence-corrected chi connectivity index (χ3v) is 1.64. The number of rotatable bonds is 2. The molecule has 1 aromatic heterocycles. The zero-order valence-corrected chi connectivity index (χ0v) is 7.32. The van der Waals surface area contributed by atoms with E-state index in [1.807, 2.05) is 13.8 Å². The number of pyridine rings is 1. The van der Waals surface area contributed by atoms with E-state index in [0.717, 1.165) is 0 Å². The molecule has 0 aliphatic heterocycles. The van der Waals surface area contributed by atoms with Crippen LogP contribution < -0.4 is 5.56 Å². The number of nitrogens with zero attached hydrogens (tertiary/aromatic N) is 1. The third-order valence-electron chi connectivity index (χ3n) is 1.64. The molecule has 0 unspecified atom stereocenters. The molecule has 1 aromatic rings. The molecule has 0 bridgehead atoms. The van der Waals surface area contributed by atoms with Crippen LogP contribution in [0.2, 0.25) is 0 Å². The third kappa shape index (κ3) is 1.87. The quantitative estimate of drug-likeness (QED) is 0.674. The fraction of sp³-hybridized carbons (Fsp3) is 0.444. The molecule has 0 saturated carbocycles. The van der Waals surface area contributed by atoms with E-state index in [2.05, 4.69) is 0 Å². The van der Waals surface area contributed by atoms with E-state index in [-0.39, 0.29) is 5.56 Å². The summed E-state index contributed by atoms with van der Waals surface area (Å²) in [6.45, 7) is 4.07. The van der Waals surface area contributed by atoms with Crippen molar-refractivity contribution >= 4 is 0 Å². The highest BCUT2D eigenvalue weighted by Crippen LogP contribution is 2.01. The molecule has 0 radical (unpaired) electrons. The normalized spacial score (nSPS) is 10.6. The van der Waals surface area contributed by atoms with Gasteiger partial charge in [-0.2, -0.15) is 4.73 Å². The Hall–Kier alpha value is -1.25.